The Morgan fingerprint density at radius 3 is 3.00 bits per heavy atom. The van der Waals surface area contributed by atoms with E-state index < -0.39 is 0 Å². The molecule has 1 N–H and O–H groups in total. The number of hydrogen-bond donors (Lipinski definition) is 1. The fraction of sp³-hybridized carbons (Fsp3) is 0.562. The summed E-state index contributed by atoms with van der Waals surface area (Å²) in [6, 6.07) is 3.27. The number of amides is 2. The van der Waals surface area contributed by atoms with Crippen molar-refractivity contribution in [1.29, 1.82) is 0 Å². The third kappa shape index (κ3) is 4.03. The lowest BCUT2D eigenvalue weighted by molar-refractivity contribution is 0.0683. The van der Waals surface area contributed by atoms with Crippen LogP contribution in [0, 0.1) is 5.92 Å². The molecule has 1 atom stereocenters. The minimum Gasteiger partial charge on any atom is -0.351 e. The van der Waals surface area contributed by atoms with Crippen LogP contribution in [0.15, 0.2) is 18.3 Å². The van der Waals surface area contributed by atoms with Crippen LogP contribution < -0.4 is 5.32 Å². The van der Waals surface area contributed by atoms with Crippen molar-refractivity contribution in [2.75, 3.05) is 19.6 Å². The lowest BCUT2D eigenvalue weighted by Crippen LogP contribution is -2.39. The Morgan fingerprint density at radius 1 is 1.48 bits per heavy atom. The molecule has 0 aromatic carbocycles. The summed E-state index contributed by atoms with van der Waals surface area (Å²) in [5.74, 6) is 0.309. The summed E-state index contributed by atoms with van der Waals surface area (Å²) in [6.07, 6.45) is 4.62. The van der Waals surface area contributed by atoms with Crippen LogP contribution in [0.4, 0.5) is 0 Å². The number of hydrogen-bond acceptors (Lipinski definition) is 3. The molecule has 1 aliphatic rings. The van der Waals surface area contributed by atoms with Gasteiger partial charge in [0.2, 0.25) is 0 Å². The largest absolute Gasteiger partial charge is 0.351 e. The molecule has 2 rings (SSSR count). The van der Waals surface area contributed by atoms with Crippen LogP contribution in [0.5, 0.6) is 0 Å². The summed E-state index contributed by atoms with van der Waals surface area (Å²) in [5.41, 5.74) is 0.847. The normalized spacial score (nSPS) is 18.4. The molecule has 1 aromatic rings. The van der Waals surface area contributed by atoms with Gasteiger partial charge in [-0.15, -0.1) is 0 Å². The zero-order chi connectivity index (χ0) is 15.2. The molecule has 1 unspecified atom stereocenters. The van der Waals surface area contributed by atoms with Crippen molar-refractivity contribution in [3.05, 3.63) is 29.6 Å². The predicted molar refractivity (Wildman–Crippen MR) is 81.2 cm³/mol. The molecule has 114 valence electrons. The van der Waals surface area contributed by atoms with Crippen LogP contribution in [-0.2, 0) is 0 Å². The molecule has 2 amide bonds. The summed E-state index contributed by atoms with van der Waals surface area (Å²) in [5, 5.41) is 2.78. The highest BCUT2D eigenvalue weighted by Gasteiger charge is 2.22. The highest BCUT2D eigenvalue weighted by Crippen LogP contribution is 2.18. The van der Waals surface area contributed by atoms with Crippen molar-refractivity contribution in [1.82, 2.24) is 15.2 Å². The van der Waals surface area contributed by atoms with Crippen molar-refractivity contribution < 1.29 is 9.59 Å². The number of rotatable bonds is 4. The van der Waals surface area contributed by atoms with E-state index in [2.05, 4.69) is 17.2 Å². The molecule has 21 heavy (non-hydrogen) atoms. The van der Waals surface area contributed by atoms with Gasteiger partial charge in [-0.2, -0.15) is 0 Å². The van der Waals surface area contributed by atoms with Gasteiger partial charge in [0.1, 0.15) is 5.69 Å². The second-order valence-electron chi connectivity index (χ2n) is 5.68. The first-order valence-electron chi connectivity index (χ1n) is 7.65. The van der Waals surface area contributed by atoms with E-state index in [4.69, 9.17) is 0 Å². The van der Waals surface area contributed by atoms with Gasteiger partial charge < -0.3 is 10.2 Å². The number of likely N-dealkylation sites (tertiary alicyclic amines) is 1. The topological polar surface area (TPSA) is 62.3 Å². The summed E-state index contributed by atoms with van der Waals surface area (Å²) in [4.78, 5) is 30.3. The fourth-order valence-electron chi connectivity index (χ4n) is 2.57. The second kappa shape index (κ2) is 7.20. The molecule has 1 fully saturated rings. The van der Waals surface area contributed by atoms with Crippen molar-refractivity contribution in [2.45, 2.75) is 33.1 Å². The molecule has 0 radical (unpaired) electrons. The van der Waals surface area contributed by atoms with Gasteiger partial charge in [-0.1, -0.05) is 13.8 Å². The van der Waals surface area contributed by atoms with E-state index in [0.29, 0.717) is 23.7 Å². The van der Waals surface area contributed by atoms with Crippen molar-refractivity contribution in [3.63, 3.8) is 0 Å². The van der Waals surface area contributed by atoms with Crippen molar-refractivity contribution in [3.8, 4) is 0 Å². The predicted octanol–water partition coefficient (Wildman–Crippen LogP) is 2.09. The molecule has 5 heteroatoms. The zero-order valence-corrected chi connectivity index (χ0v) is 12.8. The SMILES string of the molecule is CCCNC(=O)c1cc(C(=O)N2CCCC(C)C2)ccn1. The molecule has 1 aliphatic heterocycles. The van der Waals surface area contributed by atoms with Gasteiger partial charge in [-0.05, 0) is 37.3 Å². The zero-order valence-electron chi connectivity index (χ0n) is 12.8. The molecule has 2 heterocycles. The van der Waals surface area contributed by atoms with Gasteiger partial charge in [-0.3, -0.25) is 14.6 Å². The third-order valence-electron chi connectivity index (χ3n) is 3.72. The minimum atomic E-state index is -0.224. The van der Waals surface area contributed by atoms with Crippen LogP contribution in [0.3, 0.4) is 0 Å². The van der Waals surface area contributed by atoms with Gasteiger partial charge >= 0.3 is 0 Å². The summed E-state index contributed by atoms with van der Waals surface area (Å²) >= 11 is 0. The van der Waals surface area contributed by atoms with Crippen LogP contribution in [-0.4, -0.2) is 41.3 Å². The molecule has 0 saturated carbocycles. The lowest BCUT2D eigenvalue weighted by atomic mass is 9.99. The van der Waals surface area contributed by atoms with Gasteiger partial charge in [0, 0.05) is 31.4 Å². The molecular weight excluding hydrogens is 266 g/mol. The van der Waals surface area contributed by atoms with E-state index in [1.165, 1.54) is 12.6 Å². The number of piperidine rings is 1. The van der Waals surface area contributed by atoms with Gasteiger partial charge in [-0.25, -0.2) is 0 Å². The van der Waals surface area contributed by atoms with Crippen LogP contribution in [0.25, 0.3) is 0 Å². The van der Waals surface area contributed by atoms with Gasteiger partial charge in [0.15, 0.2) is 0 Å². The summed E-state index contributed by atoms with van der Waals surface area (Å²) in [6.45, 7) is 6.35. The highest BCUT2D eigenvalue weighted by molar-refractivity contribution is 5.98. The molecule has 1 aromatic heterocycles. The number of aromatic nitrogens is 1. The van der Waals surface area contributed by atoms with Crippen molar-refractivity contribution >= 4 is 11.8 Å². The number of carbonyl (C=O) groups excluding carboxylic acids is 2. The Balaban J connectivity index is 2.09. The molecule has 5 nitrogen and oxygen atoms in total. The smallest absolute Gasteiger partial charge is 0.269 e. The monoisotopic (exact) mass is 289 g/mol. The third-order valence-corrected chi connectivity index (χ3v) is 3.72. The van der Waals surface area contributed by atoms with E-state index in [-0.39, 0.29) is 11.8 Å². The van der Waals surface area contributed by atoms with Crippen LogP contribution in [0.1, 0.15) is 54.0 Å². The Hall–Kier alpha value is -1.91. The number of pyridine rings is 1. The Kier molecular flexibility index (Phi) is 5.31. The van der Waals surface area contributed by atoms with Crippen LogP contribution >= 0.6 is 0 Å². The Morgan fingerprint density at radius 2 is 2.29 bits per heavy atom. The standard InChI is InChI=1S/C16H23N3O2/c1-3-7-18-15(20)14-10-13(6-8-17-14)16(21)19-9-4-5-12(2)11-19/h6,8,10,12H,3-5,7,9,11H2,1-2H3,(H,18,20). The average molecular weight is 289 g/mol. The maximum atomic E-state index is 12.5. The van der Waals surface area contributed by atoms with E-state index in [1.54, 1.807) is 12.1 Å². The van der Waals surface area contributed by atoms with E-state index in [1.807, 2.05) is 11.8 Å². The maximum absolute atomic E-state index is 12.5. The average Bonchev–Trinajstić information content (AvgIpc) is 2.52. The van der Waals surface area contributed by atoms with Gasteiger partial charge in [0.25, 0.3) is 11.8 Å². The molecule has 0 aliphatic carbocycles. The molecule has 0 spiro atoms. The first kappa shape index (κ1) is 15.5. The first-order valence-corrected chi connectivity index (χ1v) is 7.65. The Bertz CT molecular complexity index is 516. The van der Waals surface area contributed by atoms with Crippen LogP contribution in [0.2, 0.25) is 0 Å². The first-order chi connectivity index (χ1) is 10.1. The number of nitrogens with one attached hydrogen (secondary N) is 1. The number of carbonyl (C=O) groups is 2. The van der Waals surface area contributed by atoms with E-state index in [9.17, 15) is 9.59 Å². The highest BCUT2D eigenvalue weighted by atomic mass is 16.2. The molecule has 1 saturated heterocycles. The molecule has 0 bridgehead atoms. The summed E-state index contributed by atoms with van der Waals surface area (Å²) < 4.78 is 0. The van der Waals surface area contributed by atoms with E-state index in [0.717, 1.165) is 25.9 Å². The summed E-state index contributed by atoms with van der Waals surface area (Å²) in [7, 11) is 0. The Labute approximate surface area is 125 Å². The maximum Gasteiger partial charge on any atom is 0.269 e. The quantitative estimate of drug-likeness (QED) is 0.923. The number of nitrogens with zero attached hydrogens (tertiary/aromatic N) is 2. The van der Waals surface area contributed by atoms with Crippen molar-refractivity contribution in [2.24, 2.45) is 5.92 Å². The minimum absolute atomic E-state index is 0.00603. The van der Waals surface area contributed by atoms with Gasteiger partial charge in [0.05, 0.1) is 0 Å². The fourth-order valence-corrected chi connectivity index (χ4v) is 2.57. The van der Waals surface area contributed by atoms with E-state index >= 15 is 0 Å². The lowest BCUT2D eigenvalue weighted by Gasteiger charge is -2.31. The molecular formula is C16H23N3O2. The second-order valence-corrected chi connectivity index (χ2v) is 5.68.